The predicted molar refractivity (Wildman–Crippen MR) is 190 cm³/mol. The lowest BCUT2D eigenvalue weighted by atomic mass is 9.94. The number of hydrogen-bond acceptors (Lipinski definition) is 6. The molecule has 0 unspecified atom stereocenters. The molecular weight excluding hydrogens is 753 g/mol. The molecule has 0 atom stereocenters. The third-order valence-electron chi connectivity index (χ3n) is 10.0. The van der Waals surface area contributed by atoms with E-state index in [0.29, 0.717) is 30.9 Å². The first-order valence-electron chi connectivity index (χ1n) is 17.3. The highest BCUT2D eigenvalue weighted by molar-refractivity contribution is 6.34. The minimum absolute atomic E-state index is 0.00277. The fourth-order valence-electron chi connectivity index (χ4n) is 6.92. The molecule has 2 aliphatic heterocycles. The number of halogens is 6. The largest absolute Gasteiger partial charge is 0.435 e. The maximum atomic E-state index is 15.5. The first-order chi connectivity index (χ1) is 25.8. The highest BCUT2D eigenvalue weighted by atomic mass is 35.5. The van der Waals surface area contributed by atoms with Gasteiger partial charge in [0, 0.05) is 80.6 Å². The molecule has 13 nitrogen and oxygen atoms in total. The third kappa shape index (κ3) is 8.19. The number of nitrogens with two attached hydrogens (primary N) is 1. The highest BCUT2D eigenvalue weighted by Gasteiger charge is 2.39. The molecule has 292 valence electrons. The lowest BCUT2D eigenvalue weighted by molar-refractivity contribution is -0.895. The molecule has 2 aliphatic rings. The number of benzene rings is 2. The third-order valence-corrected chi connectivity index (χ3v) is 10.4. The molecule has 2 saturated heterocycles. The molecule has 55 heavy (non-hydrogen) atoms. The minimum atomic E-state index is -5.06. The van der Waals surface area contributed by atoms with Gasteiger partial charge >= 0.3 is 6.18 Å². The minimum Gasteiger partial charge on any atom is -0.368 e. The highest BCUT2D eigenvalue weighted by Crippen LogP contribution is 2.39. The van der Waals surface area contributed by atoms with Crippen molar-refractivity contribution < 1.29 is 45.6 Å². The van der Waals surface area contributed by atoms with Crippen LogP contribution < -0.4 is 11.1 Å². The molecule has 2 aromatic carbocycles. The number of piperidine rings is 1. The Morgan fingerprint density at radius 1 is 0.945 bits per heavy atom. The van der Waals surface area contributed by atoms with Crippen molar-refractivity contribution >= 4 is 40.9 Å². The fourth-order valence-corrected chi connectivity index (χ4v) is 7.18. The van der Waals surface area contributed by atoms with Gasteiger partial charge in [-0.15, -0.1) is 0 Å². The summed E-state index contributed by atoms with van der Waals surface area (Å²) >= 11 is 6.49. The number of hydrogen-bond donors (Lipinski definition) is 2. The smallest absolute Gasteiger partial charge is 0.368 e. The van der Waals surface area contributed by atoms with E-state index in [9.17, 15) is 32.3 Å². The molecule has 4 heterocycles. The van der Waals surface area contributed by atoms with Gasteiger partial charge in [0.15, 0.2) is 23.2 Å². The number of nitrogens with zero attached hydrogens (tertiary/aromatic N) is 7. The van der Waals surface area contributed by atoms with Crippen LogP contribution in [0.15, 0.2) is 42.7 Å². The molecule has 0 bridgehead atoms. The van der Waals surface area contributed by atoms with Crippen molar-refractivity contribution in [2.75, 3.05) is 58.7 Å². The topological polar surface area (TPSA) is 148 Å². The maximum absolute atomic E-state index is 15.5. The first-order valence-corrected chi connectivity index (χ1v) is 17.7. The number of aromatic nitrogens is 4. The molecule has 4 aromatic rings. The van der Waals surface area contributed by atoms with Crippen LogP contribution in [0.1, 0.15) is 39.5 Å². The Kier molecular flexibility index (Phi) is 10.8. The van der Waals surface area contributed by atoms with Crippen LogP contribution in [0.3, 0.4) is 0 Å². The van der Waals surface area contributed by atoms with Crippen LogP contribution >= 0.6 is 11.6 Å². The van der Waals surface area contributed by atoms with Crippen molar-refractivity contribution in [2.45, 2.75) is 25.6 Å². The molecule has 0 saturated carbocycles. The second-order valence-corrected chi connectivity index (χ2v) is 14.7. The summed E-state index contributed by atoms with van der Waals surface area (Å²) in [5, 5.41) is 5.96. The molecule has 2 fully saturated rings. The quantitative estimate of drug-likeness (QED) is 0.200. The summed E-state index contributed by atoms with van der Waals surface area (Å²) in [7, 11) is 5.67. The molecule has 3 N–H and O–H groups in total. The number of likely N-dealkylation sites (tertiary alicyclic amines) is 1. The molecule has 2 aromatic heterocycles. The van der Waals surface area contributed by atoms with Crippen molar-refractivity contribution in [1.29, 1.82) is 0 Å². The van der Waals surface area contributed by atoms with Crippen molar-refractivity contribution in [1.82, 2.24) is 29.1 Å². The number of quaternary nitrogens is 1. The van der Waals surface area contributed by atoms with E-state index in [1.165, 1.54) is 25.2 Å². The molecule has 0 aliphatic carbocycles. The second kappa shape index (κ2) is 15.1. The Morgan fingerprint density at radius 2 is 1.56 bits per heavy atom. The van der Waals surface area contributed by atoms with E-state index in [2.05, 4.69) is 29.5 Å². The molecule has 19 heteroatoms. The summed E-state index contributed by atoms with van der Waals surface area (Å²) < 4.78 is 74.7. The zero-order chi connectivity index (χ0) is 40.0. The van der Waals surface area contributed by atoms with Gasteiger partial charge in [-0.2, -0.15) is 18.3 Å². The normalized spacial score (nSPS) is 16.3. The van der Waals surface area contributed by atoms with Gasteiger partial charge in [0.05, 0.1) is 49.7 Å². The number of anilines is 1. The van der Waals surface area contributed by atoms with Gasteiger partial charge in [-0.3, -0.25) is 23.9 Å². The maximum Gasteiger partial charge on any atom is 0.435 e. The standard InChI is InChI=1S/C36H37ClF5N9O4/c1-47-27(24-7-6-22(29(38)30(24)39)25-18-50(19-28(43)52)46-31(25)36(40,41)42)17-44-32(47)33(53)45-21-4-5-23(26(37)16-21)35(55)49-12-10-48(11-13-49)34(54)20-8-14-51(2,3)15-9-20/h4-7,16-18,20H,8-15,19H2,1-3H3,(H2-,43,45,52,53,55)/p+1. The number of piperazine rings is 1. The zero-order valence-electron chi connectivity index (χ0n) is 30.1. The lowest BCUT2D eigenvalue weighted by Gasteiger charge is -2.40. The van der Waals surface area contributed by atoms with Crippen LogP contribution in [0.4, 0.5) is 27.6 Å². The van der Waals surface area contributed by atoms with Gasteiger partial charge in [-0.05, 0) is 24.3 Å². The molecule has 6 rings (SSSR count). The van der Waals surface area contributed by atoms with E-state index in [1.807, 2.05) is 4.90 Å². The zero-order valence-corrected chi connectivity index (χ0v) is 30.8. The molecule has 0 radical (unpaired) electrons. The van der Waals surface area contributed by atoms with Crippen LogP contribution in [0.2, 0.25) is 5.02 Å². The predicted octanol–water partition coefficient (Wildman–Crippen LogP) is 4.41. The van der Waals surface area contributed by atoms with Gasteiger partial charge in [-0.1, -0.05) is 17.7 Å². The van der Waals surface area contributed by atoms with E-state index in [0.717, 1.165) is 59.5 Å². The Hall–Kier alpha value is -5.36. The Labute approximate surface area is 317 Å². The SMILES string of the molecule is Cn1c(-c2ccc(-c3cn(CC(N)=O)nc3C(F)(F)F)c(F)c2F)cnc1C(=O)Nc1ccc(C(=O)N2CCN(C(=O)C3CC[N+](C)(C)CC3)CC2)c(Cl)c1. The van der Waals surface area contributed by atoms with Crippen molar-refractivity contribution in [3.63, 3.8) is 0 Å². The van der Waals surface area contributed by atoms with Gasteiger partial charge in [0.1, 0.15) is 6.54 Å². The lowest BCUT2D eigenvalue weighted by Crippen LogP contribution is -2.54. The number of amides is 4. The van der Waals surface area contributed by atoms with E-state index >= 15 is 8.78 Å². The summed E-state index contributed by atoms with van der Waals surface area (Å²) in [5.41, 5.74) is 1.88. The molecule has 4 amide bonds. The van der Waals surface area contributed by atoms with Crippen molar-refractivity contribution in [3.05, 3.63) is 76.5 Å². The summed E-state index contributed by atoms with van der Waals surface area (Å²) in [6.45, 7) is 2.69. The van der Waals surface area contributed by atoms with Gasteiger partial charge in [0.2, 0.25) is 11.8 Å². The Morgan fingerprint density at radius 3 is 2.18 bits per heavy atom. The van der Waals surface area contributed by atoms with Gasteiger partial charge in [0.25, 0.3) is 11.8 Å². The Balaban J connectivity index is 1.12. The number of carbonyl (C=O) groups is 4. The molecular formula is C36H38ClF5N9O4+. The first kappa shape index (κ1) is 39.3. The molecule has 0 spiro atoms. The van der Waals surface area contributed by atoms with Crippen LogP contribution in [0.25, 0.3) is 22.4 Å². The number of rotatable bonds is 8. The van der Waals surface area contributed by atoms with E-state index in [1.54, 1.807) is 4.90 Å². The van der Waals surface area contributed by atoms with E-state index in [4.69, 9.17) is 17.3 Å². The summed E-state index contributed by atoms with van der Waals surface area (Å²) in [6, 6.07) is 6.27. The summed E-state index contributed by atoms with van der Waals surface area (Å²) in [4.78, 5) is 58.4. The number of nitrogens with one attached hydrogen (secondary N) is 1. The average molecular weight is 791 g/mol. The number of primary amides is 1. The number of alkyl halides is 3. The van der Waals surface area contributed by atoms with Crippen LogP contribution in [-0.2, 0) is 29.4 Å². The second-order valence-electron chi connectivity index (χ2n) is 14.3. The summed E-state index contributed by atoms with van der Waals surface area (Å²) in [5.74, 6) is -5.33. The monoisotopic (exact) mass is 790 g/mol. The average Bonchev–Trinajstić information content (AvgIpc) is 3.72. The van der Waals surface area contributed by atoms with E-state index in [-0.39, 0.29) is 45.5 Å². The van der Waals surface area contributed by atoms with Crippen LogP contribution in [-0.4, -0.2) is 111 Å². The van der Waals surface area contributed by atoms with Crippen LogP contribution in [0.5, 0.6) is 0 Å². The van der Waals surface area contributed by atoms with E-state index < -0.39 is 58.6 Å². The fraction of sp³-hybridized carbons (Fsp3) is 0.389. The number of carbonyl (C=O) groups excluding carboxylic acids is 4. The van der Waals surface area contributed by atoms with Crippen LogP contribution in [0, 0.1) is 17.6 Å². The van der Waals surface area contributed by atoms with Crippen molar-refractivity contribution in [3.8, 4) is 22.4 Å². The van der Waals surface area contributed by atoms with Gasteiger partial charge in [-0.25, -0.2) is 13.8 Å². The van der Waals surface area contributed by atoms with Gasteiger partial charge < -0.3 is 29.9 Å². The number of imidazole rings is 1. The van der Waals surface area contributed by atoms with Crippen molar-refractivity contribution in [2.24, 2.45) is 18.7 Å². The summed E-state index contributed by atoms with van der Waals surface area (Å²) in [6.07, 6.45) is -1.55. The Bertz CT molecular complexity index is 2170.